The minimum atomic E-state index is 0.0893. The fraction of sp³-hybridized carbons (Fsp3) is 0.292. The van der Waals surface area contributed by atoms with Gasteiger partial charge in [0.1, 0.15) is 0 Å². The molecule has 0 bridgehead atoms. The zero-order valence-corrected chi connectivity index (χ0v) is 16.4. The normalized spacial score (nSPS) is 11.2. The molecular weight excluding hydrogens is 360 g/mol. The second-order valence-corrected chi connectivity index (χ2v) is 7.45. The number of nitrogens with one attached hydrogen (secondary N) is 1. The zero-order chi connectivity index (χ0) is 20.1. The summed E-state index contributed by atoms with van der Waals surface area (Å²) >= 11 is 0. The molecule has 4 aromatic carbocycles. The first-order valence-corrected chi connectivity index (χ1v) is 10.2. The number of carbonyl (C=O) groups excluding carboxylic acids is 1. The first kappa shape index (κ1) is 19.0. The highest BCUT2D eigenvalue weighted by Gasteiger charge is 2.11. The molecule has 0 aliphatic heterocycles. The monoisotopic (exact) mass is 384 g/mol. The Morgan fingerprint density at radius 3 is 2.41 bits per heavy atom. The van der Waals surface area contributed by atoms with Crippen molar-refractivity contribution >= 4 is 38.2 Å². The molecule has 5 heteroatoms. The maximum atomic E-state index is 12.1. The lowest BCUT2D eigenvalue weighted by molar-refractivity contribution is -0.121. The highest BCUT2D eigenvalue weighted by molar-refractivity contribution is 6.23. The molecule has 0 aromatic heterocycles. The van der Waals surface area contributed by atoms with Gasteiger partial charge in [-0.15, -0.1) is 0 Å². The van der Waals surface area contributed by atoms with Gasteiger partial charge in [-0.3, -0.25) is 4.79 Å². The average Bonchev–Trinajstić information content (AvgIpc) is 2.75. The third kappa shape index (κ3) is 4.10. The fourth-order valence-corrected chi connectivity index (χ4v) is 4.12. The number of nitrogens with zero attached hydrogens (tertiary/aromatic N) is 3. The Kier molecular flexibility index (Phi) is 5.78. The third-order valence-electron chi connectivity index (χ3n) is 5.54. The van der Waals surface area contributed by atoms with Gasteiger partial charge in [-0.1, -0.05) is 59.7 Å². The van der Waals surface area contributed by atoms with Gasteiger partial charge >= 0.3 is 0 Å². The van der Waals surface area contributed by atoms with Gasteiger partial charge in [0.2, 0.25) is 5.91 Å². The molecule has 146 valence electrons. The van der Waals surface area contributed by atoms with Crippen molar-refractivity contribution in [2.24, 2.45) is 5.11 Å². The number of benzene rings is 4. The molecule has 0 spiro atoms. The summed E-state index contributed by atoms with van der Waals surface area (Å²) in [5.74, 6) is 0.0893. The van der Waals surface area contributed by atoms with Crippen molar-refractivity contribution in [3.63, 3.8) is 0 Å². The number of aryl methyl sites for hydroxylation is 1. The van der Waals surface area contributed by atoms with Crippen LogP contribution in [0.2, 0.25) is 0 Å². The van der Waals surface area contributed by atoms with Gasteiger partial charge in [0, 0.05) is 24.4 Å². The Bertz CT molecular complexity index is 1180. The second kappa shape index (κ2) is 8.80. The lowest BCUT2D eigenvalue weighted by Gasteiger charge is -2.14. The van der Waals surface area contributed by atoms with E-state index in [1.54, 1.807) is 0 Å². The van der Waals surface area contributed by atoms with Crippen LogP contribution in [0.25, 0.3) is 42.8 Å². The van der Waals surface area contributed by atoms with Gasteiger partial charge in [-0.05, 0) is 69.1 Å². The van der Waals surface area contributed by atoms with E-state index < -0.39 is 0 Å². The minimum Gasteiger partial charge on any atom is -0.356 e. The predicted molar refractivity (Wildman–Crippen MR) is 119 cm³/mol. The van der Waals surface area contributed by atoms with Crippen LogP contribution in [0.15, 0.2) is 59.7 Å². The molecule has 0 saturated carbocycles. The van der Waals surface area contributed by atoms with Gasteiger partial charge in [-0.2, -0.15) is 0 Å². The Labute approximate surface area is 169 Å². The van der Waals surface area contributed by atoms with Crippen molar-refractivity contribution in [1.29, 1.82) is 0 Å². The highest BCUT2D eigenvalue weighted by atomic mass is 16.1. The summed E-state index contributed by atoms with van der Waals surface area (Å²) in [7, 11) is 0. The van der Waals surface area contributed by atoms with Crippen LogP contribution in [0.5, 0.6) is 0 Å². The summed E-state index contributed by atoms with van der Waals surface area (Å²) in [4.78, 5) is 14.8. The molecule has 0 aliphatic rings. The summed E-state index contributed by atoms with van der Waals surface area (Å²) in [6.45, 7) is 1.12. The van der Waals surface area contributed by atoms with Gasteiger partial charge in [0.15, 0.2) is 0 Å². The van der Waals surface area contributed by atoms with Crippen LogP contribution in [-0.4, -0.2) is 19.0 Å². The van der Waals surface area contributed by atoms with Gasteiger partial charge < -0.3 is 5.32 Å². The molecule has 0 atom stereocenters. The molecular formula is C24H24N4O. The second-order valence-electron chi connectivity index (χ2n) is 7.45. The molecule has 0 fully saturated rings. The molecule has 0 radical (unpaired) electrons. The molecule has 1 N–H and O–H groups in total. The smallest absolute Gasteiger partial charge is 0.220 e. The van der Waals surface area contributed by atoms with E-state index in [1.807, 2.05) is 0 Å². The zero-order valence-electron chi connectivity index (χ0n) is 16.4. The lowest BCUT2D eigenvalue weighted by Crippen LogP contribution is -2.24. The van der Waals surface area contributed by atoms with Crippen LogP contribution < -0.4 is 5.32 Å². The molecule has 4 rings (SSSR count). The van der Waals surface area contributed by atoms with Crippen molar-refractivity contribution in [2.75, 3.05) is 13.1 Å². The Morgan fingerprint density at radius 2 is 1.62 bits per heavy atom. The number of amides is 1. The molecule has 5 nitrogen and oxygen atoms in total. The molecule has 1 amide bonds. The number of azide groups is 1. The maximum Gasteiger partial charge on any atom is 0.220 e. The van der Waals surface area contributed by atoms with Crippen molar-refractivity contribution in [1.82, 2.24) is 5.32 Å². The first-order chi connectivity index (χ1) is 14.3. The van der Waals surface area contributed by atoms with E-state index in [1.165, 1.54) is 37.9 Å². The van der Waals surface area contributed by atoms with E-state index in [0.29, 0.717) is 19.5 Å². The van der Waals surface area contributed by atoms with E-state index in [2.05, 4.69) is 69.9 Å². The van der Waals surface area contributed by atoms with E-state index in [4.69, 9.17) is 5.53 Å². The quantitative estimate of drug-likeness (QED) is 0.122. The third-order valence-corrected chi connectivity index (χ3v) is 5.54. The number of carbonyl (C=O) groups is 1. The van der Waals surface area contributed by atoms with Gasteiger partial charge in [0.05, 0.1) is 0 Å². The van der Waals surface area contributed by atoms with Crippen LogP contribution >= 0.6 is 0 Å². The number of rotatable bonds is 9. The maximum absolute atomic E-state index is 12.1. The molecule has 29 heavy (non-hydrogen) atoms. The van der Waals surface area contributed by atoms with Crippen molar-refractivity contribution < 1.29 is 4.79 Å². The molecule has 0 heterocycles. The van der Waals surface area contributed by atoms with Crippen LogP contribution in [0.3, 0.4) is 0 Å². The van der Waals surface area contributed by atoms with E-state index in [0.717, 1.165) is 25.7 Å². The largest absolute Gasteiger partial charge is 0.356 e. The topological polar surface area (TPSA) is 77.9 Å². The molecule has 0 saturated heterocycles. The summed E-state index contributed by atoms with van der Waals surface area (Å²) in [5, 5.41) is 14.2. The summed E-state index contributed by atoms with van der Waals surface area (Å²) < 4.78 is 0. The van der Waals surface area contributed by atoms with Crippen LogP contribution in [0.1, 0.15) is 31.2 Å². The van der Waals surface area contributed by atoms with Crippen LogP contribution in [0, 0.1) is 0 Å². The number of hydrogen-bond donors (Lipinski definition) is 1. The van der Waals surface area contributed by atoms with Crippen LogP contribution in [0.4, 0.5) is 0 Å². The average molecular weight is 384 g/mol. The lowest BCUT2D eigenvalue weighted by atomic mass is 9.90. The Morgan fingerprint density at radius 1 is 0.897 bits per heavy atom. The highest BCUT2D eigenvalue weighted by Crippen LogP contribution is 2.36. The van der Waals surface area contributed by atoms with E-state index >= 15 is 0 Å². The predicted octanol–water partition coefficient (Wildman–Crippen LogP) is 6.11. The molecule has 0 unspecified atom stereocenters. The molecule has 4 aromatic rings. The fourth-order valence-electron chi connectivity index (χ4n) is 4.12. The van der Waals surface area contributed by atoms with E-state index in [9.17, 15) is 4.79 Å². The van der Waals surface area contributed by atoms with Gasteiger partial charge in [0.25, 0.3) is 0 Å². The minimum absolute atomic E-state index is 0.0893. The van der Waals surface area contributed by atoms with Crippen LogP contribution in [-0.2, 0) is 11.2 Å². The number of unbranched alkanes of at least 4 members (excludes halogenated alkanes) is 1. The first-order valence-electron chi connectivity index (χ1n) is 10.2. The van der Waals surface area contributed by atoms with Crippen molar-refractivity contribution in [2.45, 2.75) is 32.1 Å². The number of hydrogen-bond acceptors (Lipinski definition) is 2. The van der Waals surface area contributed by atoms with Gasteiger partial charge in [-0.25, -0.2) is 0 Å². The summed E-state index contributed by atoms with van der Waals surface area (Å²) in [6, 6.07) is 19.7. The van der Waals surface area contributed by atoms with Crippen molar-refractivity contribution in [3.8, 4) is 0 Å². The van der Waals surface area contributed by atoms with E-state index in [-0.39, 0.29) is 5.91 Å². The SMILES string of the molecule is [N-]=[N+]=NCCCCNC(=O)CCCc1ccc2ccc3cccc4ccc1c2c34. The Balaban J connectivity index is 1.41. The molecule has 0 aliphatic carbocycles. The Hall–Kier alpha value is -3.30. The standard InChI is InChI=1S/C24H24N4O/c25-28-27-16-2-1-15-26-22(29)8-4-5-17-9-10-20-12-11-18-6-3-7-19-13-14-21(17)24(20)23(18)19/h3,6-7,9-14H,1-2,4-5,8,15-16H2,(H,26,29). The summed E-state index contributed by atoms with van der Waals surface area (Å²) in [6.07, 6.45) is 3.87. The summed E-state index contributed by atoms with van der Waals surface area (Å²) in [5.41, 5.74) is 9.54. The van der Waals surface area contributed by atoms with Crippen molar-refractivity contribution in [3.05, 3.63) is 70.6 Å².